The van der Waals surface area contributed by atoms with E-state index in [0.29, 0.717) is 0 Å². The quantitative estimate of drug-likeness (QED) is 0.815. The SMILES string of the molecule is C1CCN(CC2CCN(CC3CCNCC3)C2)C1. The third-order valence-electron chi connectivity index (χ3n) is 5.06. The molecule has 0 radical (unpaired) electrons. The number of likely N-dealkylation sites (tertiary alicyclic amines) is 2. The van der Waals surface area contributed by atoms with Crippen molar-refractivity contribution in [1.82, 2.24) is 15.1 Å². The number of nitrogens with one attached hydrogen (secondary N) is 1. The summed E-state index contributed by atoms with van der Waals surface area (Å²) in [4.78, 5) is 5.44. The summed E-state index contributed by atoms with van der Waals surface area (Å²) in [5, 5.41) is 3.47. The Hall–Kier alpha value is -0.120. The van der Waals surface area contributed by atoms with Gasteiger partial charge in [0.1, 0.15) is 0 Å². The molecule has 3 nitrogen and oxygen atoms in total. The van der Waals surface area contributed by atoms with Crippen molar-refractivity contribution < 1.29 is 0 Å². The van der Waals surface area contributed by atoms with Crippen LogP contribution >= 0.6 is 0 Å². The summed E-state index contributed by atoms with van der Waals surface area (Å²) in [5.41, 5.74) is 0. The van der Waals surface area contributed by atoms with Crippen molar-refractivity contribution in [2.75, 3.05) is 52.4 Å². The summed E-state index contributed by atoms with van der Waals surface area (Å²) in [6.07, 6.45) is 7.11. The first-order valence-electron chi connectivity index (χ1n) is 8.05. The van der Waals surface area contributed by atoms with Gasteiger partial charge in [-0.3, -0.25) is 0 Å². The molecular weight excluding hydrogens is 222 g/mol. The smallest absolute Gasteiger partial charge is 0.00225 e. The topological polar surface area (TPSA) is 18.5 Å². The van der Waals surface area contributed by atoms with Crippen LogP contribution in [0.3, 0.4) is 0 Å². The monoisotopic (exact) mass is 251 g/mol. The molecule has 18 heavy (non-hydrogen) atoms. The second-order valence-corrected chi connectivity index (χ2v) is 6.62. The van der Waals surface area contributed by atoms with Gasteiger partial charge >= 0.3 is 0 Å². The molecule has 3 saturated heterocycles. The van der Waals surface area contributed by atoms with Gasteiger partial charge in [0.05, 0.1) is 0 Å². The van der Waals surface area contributed by atoms with Gasteiger partial charge in [-0.15, -0.1) is 0 Å². The molecular formula is C15H29N3. The van der Waals surface area contributed by atoms with E-state index in [1.54, 1.807) is 0 Å². The molecule has 0 saturated carbocycles. The van der Waals surface area contributed by atoms with Crippen molar-refractivity contribution in [3.63, 3.8) is 0 Å². The van der Waals surface area contributed by atoms with Gasteiger partial charge in [0, 0.05) is 19.6 Å². The summed E-state index contributed by atoms with van der Waals surface area (Å²) in [6.45, 7) is 10.7. The van der Waals surface area contributed by atoms with Crippen molar-refractivity contribution in [2.24, 2.45) is 11.8 Å². The highest BCUT2D eigenvalue weighted by Crippen LogP contribution is 2.22. The molecule has 0 amide bonds. The van der Waals surface area contributed by atoms with E-state index in [2.05, 4.69) is 15.1 Å². The molecule has 3 heteroatoms. The molecule has 1 atom stereocenters. The number of hydrogen-bond acceptors (Lipinski definition) is 3. The predicted molar refractivity (Wildman–Crippen MR) is 75.8 cm³/mol. The van der Waals surface area contributed by atoms with Gasteiger partial charge in [0.2, 0.25) is 0 Å². The Kier molecular flexibility index (Phi) is 4.55. The van der Waals surface area contributed by atoms with Crippen LogP contribution in [0.25, 0.3) is 0 Å². The van der Waals surface area contributed by atoms with Crippen molar-refractivity contribution >= 4 is 0 Å². The summed E-state index contributed by atoms with van der Waals surface area (Å²) >= 11 is 0. The molecule has 3 aliphatic rings. The molecule has 104 valence electrons. The van der Waals surface area contributed by atoms with Crippen LogP contribution in [0.15, 0.2) is 0 Å². The van der Waals surface area contributed by atoms with Gasteiger partial charge in [-0.25, -0.2) is 0 Å². The minimum Gasteiger partial charge on any atom is -0.317 e. The maximum Gasteiger partial charge on any atom is 0.00225 e. The van der Waals surface area contributed by atoms with Crippen LogP contribution in [0.4, 0.5) is 0 Å². The second kappa shape index (κ2) is 6.36. The highest BCUT2D eigenvalue weighted by atomic mass is 15.2. The van der Waals surface area contributed by atoms with E-state index < -0.39 is 0 Å². The highest BCUT2D eigenvalue weighted by Gasteiger charge is 2.27. The average Bonchev–Trinajstić information content (AvgIpc) is 3.03. The number of hydrogen-bond donors (Lipinski definition) is 1. The molecule has 0 bridgehead atoms. The van der Waals surface area contributed by atoms with Crippen LogP contribution in [0.5, 0.6) is 0 Å². The fraction of sp³-hybridized carbons (Fsp3) is 1.00. The summed E-state index contributed by atoms with van der Waals surface area (Å²) in [6, 6.07) is 0. The third kappa shape index (κ3) is 3.46. The first kappa shape index (κ1) is 12.9. The zero-order valence-corrected chi connectivity index (χ0v) is 11.7. The van der Waals surface area contributed by atoms with Gasteiger partial charge in [-0.05, 0) is 76.7 Å². The van der Waals surface area contributed by atoms with E-state index in [9.17, 15) is 0 Å². The maximum atomic E-state index is 3.47. The number of piperidine rings is 1. The molecule has 3 rings (SSSR count). The van der Waals surface area contributed by atoms with Crippen LogP contribution in [-0.4, -0.2) is 62.2 Å². The lowest BCUT2D eigenvalue weighted by molar-refractivity contribution is 0.222. The molecule has 0 aliphatic carbocycles. The van der Waals surface area contributed by atoms with E-state index in [1.807, 2.05) is 0 Å². The fourth-order valence-corrected chi connectivity index (χ4v) is 3.99. The molecule has 0 aromatic carbocycles. The van der Waals surface area contributed by atoms with Crippen molar-refractivity contribution in [3.8, 4) is 0 Å². The van der Waals surface area contributed by atoms with Gasteiger partial charge < -0.3 is 15.1 Å². The van der Waals surface area contributed by atoms with E-state index in [0.717, 1.165) is 11.8 Å². The van der Waals surface area contributed by atoms with Gasteiger partial charge in [-0.2, -0.15) is 0 Å². The van der Waals surface area contributed by atoms with Gasteiger partial charge in [-0.1, -0.05) is 0 Å². The number of nitrogens with zero attached hydrogens (tertiary/aromatic N) is 2. The van der Waals surface area contributed by atoms with Crippen LogP contribution in [0.2, 0.25) is 0 Å². The standard InChI is InChI=1S/C15H29N3/c1-2-9-17(8-1)12-15-5-10-18(13-15)11-14-3-6-16-7-4-14/h14-16H,1-13H2. The first-order valence-corrected chi connectivity index (χ1v) is 8.05. The van der Waals surface area contributed by atoms with Crippen LogP contribution in [0, 0.1) is 11.8 Å². The molecule has 1 N–H and O–H groups in total. The Morgan fingerprint density at radius 3 is 2.28 bits per heavy atom. The van der Waals surface area contributed by atoms with E-state index >= 15 is 0 Å². The van der Waals surface area contributed by atoms with Crippen LogP contribution < -0.4 is 5.32 Å². The predicted octanol–water partition coefficient (Wildman–Crippen LogP) is 1.40. The lowest BCUT2D eigenvalue weighted by Gasteiger charge is -2.27. The summed E-state index contributed by atoms with van der Waals surface area (Å²) in [7, 11) is 0. The van der Waals surface area contributed by atoms with Gasteiger partial charge in [0.15, 0.2) is 0 Å². The zero-order chi connectivity index (χ0) is 12.2. The normalized spacial score (nSPS) is 32.3. The third-order valence-corrected chi connectivity index (χ3v) is 5.06. The molecule has 3 heterocycles. The van der Waals surface area contributed by atoms with Crippen molar-refractivity contribution in [3.05, 3.63) is 0 Å². The van der Waals surface area contributed by atoms with E-state index in [-0.39, 0.29) is 0 Å². The average molecular weight is 251 g/mol. The van der Waals surface area contributed by atoms with Crippen molar-refractivity contribution in [1.29, 1.82) is 0 Å². The maximum absolute atomic E-state index is 3.47. The molecule has 0 spiro atoms. The second-order valence-electron chi connectivity index (χ2n) is 6.62. The van der Waals surface area contributed by atoms with Crippen molar-refractivity contribution in [2.45, 2.75) is 32.1 Å². The largest absolute Gasteiger partial charge is 0.317 e. The minimum atomic E-state index is 0.963. The Balaban J connectivity index is 1.37. The Labute approximate surface area is 112 Å². The molecule has 1 unspecified atom stereocenters. The first-order chi connectivity index (χ1) is 8.90. The Morgan fingerprint density at radius 2 is 1.50 bits per heavy atom. The van der Waals surface area contributed by atoms with E-state index in [4.69, 9.17) is 0 Å². The number of rotatable bonds is 4. The lowest BCUT2D eigenvalue weighted by Crippen LogP contribution is -2.36. The zero-order valence-electron chi connectivity index (χ0n) is 11.7. The van der Waals surface area contributed by atoms with Crippen LogP contribution in [-0.2, 0) is 0 Å². The fourth-order valence-electron chi connectivity index (χ4n) is 3.99. The van der Waals surface area contributed by atoms with E-state index in [1.165, 1.54) is 84.5 Å². The highest BCUT2D eigenvalue weighted by molar-refractivity contribution is 4.82. The van der Waals surface area contributed by atoms with Gasteiger partial charge in [0.25, 0.3) is 0 Å². The lowest BCUT2D eigenvalue weighted by atomic mass is 9.98. The molecule has 0 aromatic heterocycles. The van der Waals surface area contributed by atoms with Crippen LogP contribution in [0.1, 0.15) is 32.1 Å². The Morgan fingerprint density at radius 1 is 0.778 bits per heavy atom. The minimum absolute atomic E-state index is 0.963. The molecule has 3 fully saturated rings. The molecule has 0 aromatic rings. The molecule has 3 aliphatic heterocycles. The summed E-state index contributed by atoms with van der Waals surface area (Å²) < 4.78 is 0. The Bertz CT molecular complexity index is 244. The summed E-state index contributed by atoms with van der Waals surface area (Å²) in [5.74, 6) is 1.93.